The molecule has 6 aliphatic heterocycles. The van der Waals surface area contributed by atoms with E-state index in [0.29, 0.717) is 62.5 Å². The van der Waals surface area contributed by atoms with E-state index in [1.54, 1.807) is 6.92 Å². The van der Waals surface area contributed by atoms with Gasteiger partial charge in [0.15, 0.2) is 0 Å². The van der Waals surface area contributed by atoms with Crippen LogP contribution in [0.3, 0.4) is 0 Å². The van der Waals surface area contributed by atoms with Crippen LogP contribution in [0.1, 0.15) is 85.0 Å². The van der Waals surface area contributed by atoms with E-state index in [1.165, 1.54) is 6.08 Å². The largest absolute Gasteiger partial charge is 0.296 e. The van der Waals surface area contributed by atoms with E-state index < -0.39 is 0 Å². The van der Waals surface area contributed by atoms with E-state index in [-0.39, 0.29) is 89.1 Å². The summed E-state index contributed by atoms with van der Waals surface area (Å²) in [6.45, 7) is 8.68. The van der Waals surface area contributed by atoms with Crippen LogP contribution in [-0.4, -0.2) is 70.9 Å². The maximum Gasteiger partial charge on any atom is 0.253 e. The third-order valence-corrected chi connectivity index (χ3v) is 6.91. The van der Waals surface area contributed by atoms with Gasteiger partial charge in [0.2, 0.25) is 53.2 Å². The van der Waals surface area contributed by atoms with Gasteiger partial charge in [-0.25, -0.2) is 0 Å². The summed E-state index contributed by atoms with van der Waals surface area (Å²) in [6.07, 6.45) is 6.26. The van der Waals surface area contributed by atoms with Crippen molar-refractivity contribution in [1.82, 2.24) is 31.9 Å². The van der Waals surface area contributed by atoms with Crippen molar-refractivity contribution in [2.24, 2.45) is 11.8 Å². The molecule has 0 bridgehead atoms. The molecule has 0 spiro atoms. The zero-order valence-corrected chi connectivity index (χ0v) is 27.4. The Labute approximate surface area is 281 Å². The molecule has 12 amide bonds. The molecule has 6 aliphatic rings. The summed E-state index contributed by atoms with van der Waals surface area (Å²) in [6, 6.07) is 0. The zero-order valence-electron chi connectivity index (χ0n) is 27.4. The molecule has 6 heterocycles. The second-order valence-electron chi connectivity index (χ2n) is 11.2. The second-order valence-corrected chi connectivity index (χ2v) is 11.2. The summed E-state index contributed by atoms with van der Waals surface area (Å²) in [5, 5.41) is 13.0. The molecule has 2 unspecified atom stereocenters. The molecule has 0 saturated carbocycles. The molecule has 0 aromatic rings. The quantitative estimate of drug-likeness (QED) is 0.136. The summed E-state index contributed by atoms with van der Waals surface area (Å²) in [5.41, 5.74) is 0.838. The number of imide groups is 6. The molecule has 0 aliphatic carbocycles. The van der Waals surface area contributed by atoms with E-state index in [0.717, 1.165) is 6.42 Å². The van der Waals surface area contributed by atoms with Crippen LogP contribution in [-0.2, 0) is 57.5 Å². The molecule has 2 atom stereocenters. The summed E-state index contributed by atoms with van der Waals surface area (Å²) in [5.74, 6) is -2.31. The molecule has 6 N–H and O–H groups in total. The van der Waals surface area contributed by atoms with Crippen molar-refractivity contribution in [3.05, 3.63) is 23.8 Å². The van der Waals surface area contributed by atoms with Crippen molar-refractivity contribution in [2.75, 3.05) is 0 Å². The average Bonchev–Trinajstić information content (AvgIpc) is 3.73. The predicted octanol–water partition coefficient (Wildman–Crippen LogP) is -1.47. The Balaban J connectivity index is 0.000000294. The Kier molecular flexibility index (Phi) is 17.3. The third-order valence-electron chi connectivity index (χ3n) is 6.91. The van der Waals surface area contributed by atoms with E-state index in [4.69, 9.17) is 0 Å². The van der Waals surface area contributed by atoms with Gasteiger partial charge in [0.25, 0.3) is 17.7 Å². The van der Waals surface area contributed by atoms with Crippen LogP contribution >= 0.6 is 0 Å². The number of carbonyl (C=O) groups is 12. The summed E-state index contributed by atoms with van der Waals surface area (Å²) in [4.78, 5) is 125. The van der Waals surface area contributed by atoms with Crippen LogP contribution in [0.15, 0.2) is 23.8 Å². The van der Waals surface area contributed by atoms with Gasteiger partial charge in [0.1, 0.15) is 0 Å². The molecular formula is C31H40N6O12. The number of amides is 12. The third kappa shape index (κ3) is 16.6. The zero-order chi connectivity index (χ0) is 37.3. The van der Waals surface area contributed by atoms with Gasteiger partial charge in [0.05, 0.1) is 6.42 Å². The molecule has 266 valence electrons. The molecule has 0 aromatic heterocycles. The minimum atomic E-state index is -0.338. The molecule has 49 heavy (non-hydrogen) atoms. The predicted molar refractivity (Wildman–Crippen MR) is 166 cm³/mol. The van der Waals surface area contributed by atoms with Crippen LogP contribution in [0.2, 0.25) is 0 Å². The van der Waals surface area contributed by atoms with Crippen molar-refractivity contribution >= 4 is 70.9 Å². The van der Waals surface area contributed by atoms with Crippen LogP contribution in [0.4, 0.5) is 0 Å². The first-order valence-electron chi connectivity index (χ1n) is 15.3. The van der Waals surface area contributed by atoms with E-state index in [1.807, 2.05) is 13.8 Å². The van der Waals surface area contributed by atoms with Crippen molar-refractivity contribution in [3.63, 3.8) is 0 Å². The molecule has 5 saturated heterocycles. The van der Waals surface area contributed by atoms with Gasteiger partial charge in [-0.3, -0.25) is 89.4 Å². The highest BCUT2D eigenvalue weighted by atomic mass is 16.2. The molecule has 0 aromatic carbocycles. The van der Waals surface area contributed by atoms with Gasteiger partial charge in [-0.15, -0.1) is 0 Å². The Morgan fingerprint density at radius 3 is 1.35 bits per heavy atom. The van der Waals surface area contributed by atoms with Gasteiger partial charge in [-0.1, -0.05) is 20.4 Å². The molecule has 5 fully saturated rings. The average molecular weight is 689 g/mol. The summed E-state index contributed by atoms with van der Waals surface area (Å²) in [7, 11) is 0. The van der Waals surface area contributed by atoms with E-state index >= 15 is 0 Å². The molecule has 18 heteroatoms. The Morgan fingerprint density at radius 1 is 0.612 bits per heavy atom. The number of carbonyl (C=O) groups excluding carboxylic acids is 12. The Morgan fingerprint density at radius 2 is 1.12 bits per heavy atom. The number of hydrogen-bond donors (Lipinski definition) is 6. The van der Waals surface area contributed by atoms with Crippen LogP contribution in [0, 0.1) is 11.8 Å². The van der Waals surface area contributed by atoms with Crippen molar-refractivity contribution in [1.29, 1.82) is 0 Å². The molecule has 0 radical (unpaired) electrons. The van der Waals surface area contributed by atoms with E-state index in [2.05, 4.69) is 38.5 Å². The lowest BCUT2D eigenvalue weighted by molar-refractivity contribution is -0.136. The highest BCUT2D eigenvalue weighted by Crippen LogP contribution is 2.13. The van der Waals surface area contributed by atoms with Crippen LogP contribution in [0.5, 0.6) is 0 Å². The highest BCUT2D eigenvalue weighted by molar-refractivity contribution is 6.16. The van der Waals surface area contributed by atoms with Crippen LogP contribution in [0.25, 0.3) is 0 Å². The highest BCUT2D eigenvalue weighted by Gasteiger charge is 2.28. The first-order valence-corrected chi connectivity index (χ1v) is 15.3. The summed E-state index contributed by atoms with van der Waals surface area (Å²) < 4.78 is 0. The second kappa shape index (κ2) is 20.5. The minimum Gasteiger partial charge on any atom is -0.296 e. The van der Waals surface area contributed by atoms with Gasteiger partial charge in [0, 0.05) is 67.6 Å². The number of nitrogens with one attached hydrogen (secondary N) is 6. The molecule has 6 rings (SSSR count). The summed E-state index contributed by atoms with van der Waals surface area (Å²) >= 11 is 0. The SMILES string of the molecule is C=C1CC(=O)NC1=O.CC1=CC(=O)NC1=O.CC1CCC(=O)NC1=O.CCC1CC(=O)NC1=O.O=C1CCC(=O)N1.O=C1CCCC(=O)N1. The Hall–Kier alpha value is -5.68. The standard InChI is InChI=1S/2C6H9NO2.2C5H5NO2.C5H7NO2.C4H5NO2/c1-4-2-3-5(8)7-6(4)9;1-2-4-3-5(8)7-6(4)9;2*1-3-2-4(7)6-5(3)8;7-4-2-1-3-5(8)6-4;6-3-1-2-4(7)5-3/h2*4H,2-3H2,1H3,(H,7,8,9);2H,1H3,(H,6,7,8);1-2H2,(H,6,7,8);1-3H2,(H,6,7,8);1-2H2,(H,5,6,7). The molecular weight excluding hydrogens is 648 g/mol. The van der Waals surface area contributed by atoms with Gasteiger partial charge in [-0.2, -0.15) is 0 Å². The van der Waals surface area contributed by atoms with Crippen molar-refractivity contribution < 1.29 is 57.5 Å². The first kappa shape index (κ1) is 41.3. The Bertz CT molecular complexity index is 1410. The van der Waals surface area contributed by atoms with Crippen molar-refractivity contribution in [3.8, 4) is 0 Å². The monoisotopic (exact) mass is 688 g/mol. The molecule has 18 nitrogen and oxygen atoms in total. The number of piperidine rings is 2. The smallest absolute Gasteiger partial charge is 0.253 e. The lowest BCUT2D eigenvalue weighted by atomic mass is 10.0. The van der Waals surface area contributed by atoms with Gasteiger partial charge < -0.3 is 0 Å². The first-order chi connectivity index (χ1) is 22.9. The topological polar surface area (TPSA) is 277 Å². The minimum absolute atomic E-state index is 0.0164. The van der Waals surface area contributed by atoms with Gasteiger partial charge in [-0.05, 0) is 26.2 Å². The lowest BCUT2D eigenvalue weighted by Gasteiger charge is -2.15. The lowest BCUT2D eigenvalue weighted by Crippen LogP contribution is -2.39. The van der Waals surface area contributed by atoms with Crippen molar-refractivity contribution in [2.45, 2.75) is 85.0 Å². The number of rotatable bonds is 1. The fourth-order valence-corrected chi connectivity index (χ4v) is 3.98. The van der Waals surface area contributed by atoms with Crippen LogP contribution < -0.4 is 31.9 Å². The van der Waals surface area contributed by atoms with E-state index in [9.17, 15) is 57.5 Å². The maximum atomic E-state index is 10.7. The number of hydrogen-bond acceptors (Lipinski definition) is 12. The van der Waals surface area contributed by atoms with Gasteiger partial charge >= 0.3 is 0 Å². The fraction of sp³-hybridized carbons (Fsp3) is 0.484. The fourth-order valence-electron chi connectivity index (χ4n) is 3.98. The normalized spacial score (nSPS) is 22.3. The maximum absolute atomic E-state index is 10.7.